The third-order valence-electron chi connectivity index (χ3n) is 2.81. The van der Waals surface area contributed by atoms with Crippen LogP contribution in [0.15, 0.2) is 18.2 Å². The molecule has 0 radical (unpaired) electrons. The molecule has 0 aliphatic carbocycles. The first-order chi connectivity index (χ1) is 9.02. The summed E-state index contributed by atoms with van der Waals surface area (Å²) < 4.78 is 1.83. The summed E-state index contributed by atoms with van der Waals surface area (Å²) in [6.07, 6.45) is 0.505. The maximum absolute atomic E-state index is 6.15. The molecule has 2 N–H and O–H groups in total. The summed E-state index contributed by atoms with van der Waals surface area (Å²) in [5, 5.41) is 5.72. The summed E-state index contributed by atoms with van der Waals surface area (Å²) in [5.74, 6) is 1.46. The van der Waals surface area contributed by atoms with Crippen LogP contribution in [0.2, 0.25) is 10.0 Å². The van der Waals surface area contributed by atoms with Crippen molar-refractivity contribution in [3.8, 4) is 0 Å². The Labute approximate surface area is 134 Å². The van der Waals surface area contributed by atoms with Crippen molar-refractivity contribution in [2.45, 2.75) is 32.9 Å². The van der Waals surface area contributed by atoms with Crippen LogP contribution < -0.4 is 5.73 Å². The summed E-state index contributed by atoms with van der Waals surface area (Å²) in [6.45, 7) is 4.45. The van der Waals surface area contributed by atoms with Crippen molar-refractivity contribution in [2.24, 2.45) is 5.73 Å². The highest BCUT2D eigenvalue weighted by molar-refractivity contribution is 6.36. The lowest BCUT2D eigenvalue weighted by Crippen LogP contribution is -2.11. The molecule has 0 amide bonds. The molecule has 0 unspecified atom stereocenters. The van der Waals surface area contributed by atoms with Crippen molar-refractivity contribution in [1.29, 1.82) is 0 Å². The monoisotopic (exact) mass is 334 g/mol. The lowest BCUT2D eigenvalue weighted by molar-refractivity contribution is 0.503. The molecule has 0 saturated carbocycles. The molecule has 7 heteroatoms. The minimum Gasteiger partial charge on any atom is -0.324 e. The van der Waals surface area contributed by atoms with Gasteiger partial charge in [-0.2, -0.15) is 5.10 Å². The van der Waals surface area contributed by atoms with Crippen LogP contribution in [0.4, 0.5) is 0 Å². The van der Waals surface area contributed by atoms with Crippen LogP contribution in [0.5, 0.6) is 0 Å². The largest absolute Gasteiger partial charge is 0.324 e. The van der Waals surface area contributed by atoms with Gasteiger partial charge in [-0.1, -0.05) is 29.3 Å². The Kier molecular flexibility index (Phi) is 6.27. The SMILES string of the molecule is CC(C)n1nc(Cc2c(Cl)cccc2Cl)nc1CN.Cl. The van der Waals surface area contributed by atoms with Gasteiger partial charge < -0.3 is 5.73 Å². The molecular weight excluding hydrogens is 319 g/mol. The van der Waals surface area contributed by atoms with E-state index in [1.807, 2.05) is 36.7 Å². The van der Waals surface area contributed by atoms with Gasteiger partial charge in [0.05, 0.1) is 6.54 Å². The van der Waals surface area contributed by atoms with Crippen molar-refractivity contribution in [3.05, 3.63) is 45.5 Å². The molecule has 0 bridgehead atoms. The van der Waals surface area contributed by atoms with Crippen LogP contribution in [0.25, 0.3) is 0 Å². The molecule has 0 atom stereocenters. The Hall–Kier alpha value is -0.810. The number of hydrogen-bond acceptors (Lipinski definition) is 3. The lowest BCUT2D eigenvalue weighted by atomic mass is 10.1. The third kappa shape index (κ3) is 3.64. The highest BCUT2D eigenvalue weighted by Gasteiger charge is 2.14. The van der Waals surface area contributed by atoms with Gasteiger partial charge >= 0.3 is 0 Å². The van der Waals surface area contributed by atoms with E-state index in [2.05, 4.69) is 10.1 Å². The number of benzene rings is 1. The molecule has 0 saturated heterocycles. The molecule has 110 valence electrons. The van der Waals surface area contributed by atoms with Crippen LogP contribution in [-0.4, -0.2) is 14.8 Å². The van der Waals surface area contributed by atoms with E-state index in [-0.39, 0.29) is 18.4 Å². The fourth-order valence-electron chi connectivity index (χ4n) is 1.89. The number of rotatable bonds is 4. The van der Waals surface area contributed by atoms with Crippen molar-refractivity contribution in [3.63, 3.8) is 0 Å². The maximum Gasteiger partial charge on any atom is 0.155 e. The Morgan fingerprint density at radius 2 is 1.85 bits per heavy atom. The van der Waals surface area contributed by atoms with Crippen LogP contribution in [0, 0.1) is 0 Å². The van der Waals surface area contributed by atoms with Gasteiger partial charge in [-0.3, -0.25) is 0 Å². The van der Waals surface area contributed by atoms with Crippen molar-refractivity contribution in [2.75, 3.05) is 0 Å². The Morgan fingerprint density at radius 1 is 1.25 bits per heavy atom. The first kappa shape index (κ1) is 17.2. The zero-order chi connectivity index (χ0) is 14.0. The Bertz CT molecular complexity index is 561. The minimum absolute atomic E-state index is 0. The lowest BCUT2D eigenvalue weighted by Gasteiger charge is -2.07. The van der Waals surface area contributed by atoms with Crippen LogP contribution >= 0.6 is 35.6 Å². The predicted molar refractivity (Wildman–Crippen MR) is 84.8 cm³/mol. The van der Waals surface area contributed by atoms with Gasteiger partial charge in [0.15, 0.2) is 5.82 Å². The predicted octanol–water partition coefficient (Wildman–Crippen LogP) is 3.64. The molecule has 0 fully saturated rings. The van der Waals surface area contributed by atoms with E-state index in [1.165, 1.54) is 0 Å². The van der Waals surface area contributed by atoms with E-state index >= 15 is 0 Å². The van der Waals surface area contributed by atoms with E-state index < -0.39 is 0 Å². The van der Waals surface area contributed by atoms with Crippen LogP contribution in [0.3, 0.4) is 0 Å². The molecular formula is C13H17Cl3N4. The molecule has 0 spiro atoms. The smallest absolute Gasteiger partial charge is 0.155 e. The quantitative estimate of drug-likeness (QED) is 0.928. The molecule has 20 heavy (non-hydrogen) atoms. The normalized spacial score (nSPS) is 10.7. The van der Waals surface area contributed by atoms with Gasteiger partial charge in [0.25, 0.3) is 0 Å². The van der Waals surface area contributed by atoms with Crippen LogP contribution in [-0.2, 0) is 13.0 Å². The molecule has 2 aromatic rings. The molecule has 1 aromatic heterocycles. The number of hydrogen-bond donors (Lipinski definition) is 1. The molecule has 0 aliphatic rings. The molecule has 1 heterocycles. The first-order valence-electron chi connectivity index (χ1n) is 6.10. The number of halogens is 3. The van der Waals surface area contributed by atoms with E-state index in [0.717, 1.165) is 11.4 Å². The van der Waals surface area contributed by atoms with Gasteiger partial charge in [0, 0.05) is 22.5 Å². The maximum atomic E-state index is 6.15. The molecule has 0 aliphatic heterocycles. The van der Waals surface area contributed by atoms with Gasteiger partial charge in [-0.05, 0) is 31.5 Å². The summed E-state index contributed by atoms with van der Waals surface area (Å²) >= 11 is 12.3. The standard InChI is InChI=1S/C13H16Cl2N4.ClH/c1-8(2)19-13(7-16)17-12(18-19)6-9-10(14)4-3-5-11(9)15;/h3-5,8H,6-7,16H2,1-2H3;1H. The summed E-state index contributed by atoms with van der Waals surface area (Å²) in [7, 11) is 0. The summed E-state index contributed by atoms with van der Waals surface area (Å²) in [4.78, 5) is 4.44. The average Bonchev–Trinajstić information content (AvgIpc) is 2.77. The van der Waals surface area contributed by atoms with Gasteiger partial charge in [0.1, 0.15) is 5.82 Å². The Balaban J connectivity index is 0.00000200. The summed E-state index contributed by atoms with van der Waals surface area (Å²) in [6, 6.07) is 5.67. The fourth-order valence-corrected chi connectivity index (χ4v) is 2.42. The van der Waals surface area contributed by atoms with E-state index in [9.17, 15) is 0 Å². The second-order valence-electron chi connectivity index (χ2n) is 4.56. The highest BCUT2D eigenvalue weighted by Crippen LogP contribution is 2.26. The third-order valence-corrected chi connectivity index (χ3v) is 3.52. The van der Waals surface area contributed by atoms with E-state index in [0.29, 0.717) is 28.8 Å². The van der Waals surface area contributed by atoms with Crippen molar-refractivity contribution >= 4 is 35.6 Å². The molecule has 4 nitrogen and oxygen atoms in total. The minimum atomic E-state index is 0. The Morgan fingerprint density at radius 3 is 2.30 bits per heavy atom. The van der Waals surface area contributed by atoms with E-state index in [4.69, 9.17) is 28.9 Å². The second-order valence-corrected chi connectivity index (χ2v) is 5.38. The van der Waals surface area contributed by atoms with Crippen molar-refractivity contribution < 1.29 is 0 Å². The second kappa shape index (κ2) is 7.27. The topological polar surface area (TPSA) is 56.7 Å². The van der Waals surface area contributed by atoms with Gasteiger partial charge in [-0.15, -0.1) is 12.4 Å². The number of nitrogens with two attached hydrogens (primary N) is 1. The number of aromatic nitrogens is 3. The van der Waals surface area contributed by atoms with E-state index in [1.54, 1.807) is 0 Å². The molecule has 2 rings (SSSR count). The zero-order valence-electron chi connectivity index (χ0n) is 11.3. The highest BCUT2D eigenvalue weighted by atomic mass is 35.5. The van der Waals surface area contributed by atoms with Crippen molar-refractivity contribution in [1.82, 2.24) is 14.8 Å². The molecule has 1 aromatic carbocycles. The summed E-state index contributed by atoms with van der Waals surface area (Å²) in [5.41, 5.74) is 6.52. The van der Waals surface area contributed by atoms with Crippen LogP contribution in [0.1, 0.15) is 37.1 Å². The first-order valence-corrected chi connectivity index (χ1v) is 6.85. The number of nitrogens with zero attached hydrogens (tertiary/aromatic N) is 3. The fraction of sp³-hybridized carbons (Fsp3) is 0.385. The van der Waals surface area contributed by atoms with Gasteiger partial charge in [0.2, 0.25) is 0 Å². The average molecular weight is 336 g/mol. The van der Waals surface area contributed by atoms with Gasteiger partial charge in [-0.25, -0.2) is 9.67 Å². The zero-order valence-corrected chi connectivity index (χ0v) is 13.6.